The molecular weight excluding hydrogens is 1130 g/mol. The Morgan fingerprint density at radius 2 is 0.889 bits per heavy atom. The van der Waals surface area contributed by atoms with Crippen LogP contribution in [0.25, 0.3) is 97.7 Å². The van der Waals surface area contributed by atoms with Crippen LogP contribution in [0.1, 0.15) is 79.0 Å². The van der Waals surface area contributed by atoms with Crippen LogP contribution < -0.4 is 26.2 Å². The Morgan fingerprint density at radius 3 is 1.50 bits per heavy atom. The van der Waals surface area contributed by atoms with Crippen LogP contribution in [0.2, 0.25) is 5.02 Å². The minimum atomic E-state index is -0.243. The first-order valence-corrected chi connectivity index (χ1v) is 32.7. The number of hydrogen-bond donors (Lipinski definition) is 0. The fraction of sp³-hybridized carbons (Fsp3) is 0.143. The number of halogens is 1. The van der Waals surface area contributed by atoms with Gasteiger partial charge in [0, 0.05) is 81.0 Å². The number of furan rings is 1. The summed E-state index contributed by atoms with van der Waals surface area (Å²) in [6, 6.07) is 92.8. The molecule has 4 heterocycles. The summed E-state index contributed by atoms with van der Waals surface area (Å²) in [7, 11) is 0. The van der Waals surface area contributed by atoms with Gasteiger partial charge in [-0.1, -0.05) is 274 Å². The lowest BCUT2D eigenvalue weighted by Gasteiger charge is -2.46. The molecule has 2 aliphatic rings. The highest BCUT2D eigenvalue weighted by molar-refractivity contribution is 7.26. The highest BCUT2D eigenvalue weighted by Crippen LogP contribution is 2.58. The second-order valence-electron chi connectivity index (χ2n) is 27.8. The molecule has 436 valence electrons. The largest absolute Gasteiger partial charge is 0.455 e. The van der Waals surface area contributed by atoms with E-state index in [0.717, 1.165) is 95.0 Å². The monoisotopic (exact) mass is 1200 g/mol. The summed E-state index contributed by atoms with van der Waals surface area (Å²) in [5, 5.41) is 5.25. The van der Waals surface area contributed by atoms with Gasteiger partial charge in [0.25, 0.3) is 6.71 Å². The molecule has 0 bridgehead atoms. The van der Waals surface area contributed by atoms with Crippen LogP contribution in [0.15, 0.2) is 253 Å². The van der Waals surface area contributed by atoms with E-state index < -0.39 is 0 Å². The predicted octanol–water partition coefficient (Wildman–Crippen LogP) is 22.9. The van der Waals surface area contributed by atoms with Crippen molar-refractivity contribution in [2.24, 2.45) is 0 Å². The minimum absolute atomic E-state index is 0.0839. The molecule has 0 amide bonds. The summed E-state index contributed by atoms with van der Waals surface area (Å²) >= 11 is 9.93. The predicted molar refractivity (Wildman–Crippen MR) is 389 cm³/mol. The van der Waals surface area contributed by atoms with Gasteiger partial charge in [-0.3, -0.25) is 0 Å². The maximum atomic E-state index is 8.07. The summed E-state index contributed by atoms with van der Waals surface area (Å²) in [4.78, 5) is 5.21. The molecule has 0 atom stereocenters. The molecule has 0 saturated carbocycles. The molecule has 14 aromatic rings. The van der Waals surface area contributed by atoms with Crippen molar-refractivity contribution in [1.29, 1.82) is 0 Å². The van der Waals surface area contributed by atoms with Gasteiger partial charge in [0.1, 0.15) is 11.2 Å². The molecule has 2 aromatic heterocycles. The number of nitrogens with zero attached hydrogens (tertiary/aromatic N) is 2. The molecule has 0 aliphatic carbocycles. The number of benzene rings is 12. The lowest BCUT2D eigenvalue weighted by Crippen LogP contribution is -2.61. The second kappa shape index (κ2) is 20.9. The Bertz CT molecular complexity index is 5170. The summed E-state index contributed by atoms with van der Waals surface area (Å²) in [5.41, 5.74) is 26.4. The third-order valence-corrected chi connectivity index (χ3v) is 20.3. The van der Waals surface area contributed by atoms with Crippen molar-refractivity contribution in [3.8, 4) is 55.6 Å². The van der Waals surface area contributed by atoms with Gasteiger partial charge in [0.2, 0.25) is 0 Å². The van der Waals surface area contributed by atoms with E-state index in [-0.39, 0.29) is 23.0 Å². The molecular formula is C84H68BClN2OS. The van der Waals surface area contributed by atoms with Crippen molar-refractivity contribution in [3.63, 3.8) is 0 Å². The van der Waals surface area contributed by atoms with E-state index in [2.05, 4.69) is 321 Å². The third kappa shape index (κ3) is 9.06. The lowest BCUT2D eigenvalue weighted by molar-refractivity contribution is 0.569. The summed E-state index contributed by atoms with van der Waals surface area (Å²) in [5.74, 6) is 0. The Balaban J connectivity index is 1.10. The highest BCUT2D eigenvalue weighted by atomic mass is 35.5. The third-order valence-electron chi connectivity index (χ3n) is 18.9. The van der Waals surface area contributed by atoms with Gasteiger partial charge in [-0.15, -0.1) is 11.3 Å². The maximum Gasteiger partial charge on any atom is 0.252 e. The van der Waals surface area contributed by atoms with Crippen molar-refractivity contribution >= 4 is 122 Å². The molecule has 0 spiro atoms. The molecule has 0 unspecified atom stereocenters. The van der Waals surface area contributed by atoms with Gasteiger partial charge in [-0.25, -0.2) is 0 Å². The lowest BCUT2D eigenvalue weighted by atomic mass is 9.33. The van der Waals surface area contributed by atoms with E-state index in [1.165, 1.54) is 69.9 Å². The number of fused-ring (bicyclic) bond motifs is 10. The second-order valence-corrected chi connectivity index (χ2v) is 29.3. The standard InChI is InChI=1S/C84H68BClN2OS/c1-82(2,3)57-39-40-66-69(46-57)88(80-63(51-26-14-10-15-27-51)49-65-61-34-22-24-36-72(61)89-81(65)76(80)54-32-20-13-21-33-54)71-48-60(86)47-70-78(71)85(66)67-44-55(56-42-58(83(4,5)6)45-59(43-56)84(7,8)9)38-41-68(67)87(70)79-64(52-28-16-11-17-29-52)50-74-77(62-35-23-25-37-73(62)90-74)75(79)53-30-18-12-19-31-53/h10-50H,1-9H3. The van der Waals surface area contributed by atoms with Crippen LogP contribution in [-0.2, 0) is 16.2 Å². The first kappa shape index (κ1) is 55.9. The molecule has 2 aliphatic heterocycles. The average molecular weight is 1200 g/mol. The SMILES string of the molecule is CC(C)(C)c1cc(-c2ccc3c(c2)B2c4ccc(C(C)(C)C)cc4N(c4c(-c5ccccc5)cc5c(oc6ccccc65)c4-c4ccccc4)c4cc(Cl)cc(c42)N3c2c(-c3ccccc3)cc3sc4ccccc4c3c2-c2ccccc2)cc(C(C)(C)C)c1. The quantitative estimate of drug-likeness (QED) is 0.148. The zero-order chi connectivity index (χ0) is 61.5. The number of rotatable bonds is 7. The van der Waals surface area contributed by atoms with Gasteiger partial charge in [0.15, 0.2) is 0 Å². The average Bonchev–Trinajstić information content (AvgIpc) is 0.834. The van der Waals surface area contributed by atoms with E-state index in [1.807, 2.05) is 11.3 Å². The van der Waals surface area contributed by atoms with Gasteiger partial charge in [0.05, 0.1) is 11.4 Å². The number of para-hydroxylation sites is 1. The van der Waals surface area contributed by atoms with Gasteiger partial charge in [-0.05, 0) is 131 Å². The number of anilines is 6. The fourth-order valence-corrected chi connectivity index (χ4v) is 15.7. The van der Waals surface area contributed by atoms with Gasteiger partial charge in [-0.2, -0.15) is 0 Å². The zero-order valence-electron chi connectivity index (χ0n) is 52.3. The van der Waals surface area contributed by atoms with Gasteiger partial charge < -0.3 is 14.2 Å². The maximum absolute atomic E-state index is 8.07. The highest BCUT2D eigenvalue weighted by Gasteiger charge is 2.46. The fourth-order valence-electron chi connectivity index (χ4n) is 14.4. The summed E-state index contributed by atoms with van der Waals surface area (Å²) in [6.45, 7) is 20.8. The normalized spacial score (nSPS) is 13.2. The van der Waals surface area contributed by atoms with E-state index in [1.54, 1.807) is 0 Å². The molecule has 0 N–H and O–H groups in total. The van der Waals surface area contributed by atoms with E-state index >= 15 is 0 Å². The number of hydrogen-bond acceptors (Lipinski definition) is 4. The summed E-state index contributed by atoms with van der Waals surface area (Å²) < 4.78 is 9.75. The Kier molecular flexibility index (Phi) is 12.9. The molecule has 0 radical (unpaired) electrons. The summed E-state index contributed by atoms with van der Waals surface area (Å²) in [6.07, 6.45) is 0. The topological polar surface area (TPSA) is 19.6 Å². The first-order chi connectivity index (χ1) is 43.5. The Hall–Kier alpha value is -9.39. The first-order valence-electron chi connectivity index (χ1n) is 31.5. The smallest absolute Gasteiger partial charge is 0.252 e. The van der Waals surface area contributed by atoms with Crippen molar-refractivity contribution in [2.75, 3.05) is 9.80 Å². The van der Waals surface area contributed by atoms with Crippen molar-refractivity contribution in [1.82, 2.24) is 0 Å². The van der Waals surface area contributed by atoms with Crippen LogP contribution in [0, 0.1) is 0 Å². The molecule has 6 heteroatoms. The molecule has 12 aromatic carbocycles. The number of thiophene rings is 1. The van der Waals surface area contributed by atoms with Crippen LogP contribution >= 0.6 is 22.9 Å². The Morgan fingerprint density at radius 1 is 0.367 bits per heavy atom. The van der Waals surface area contributed by atoms with Crippen LogP contribution in [0.4, 0.5) is 34.1 Å². The van der Waals surface area contributed by atoms with Crippen LogP contribution in [0.3, 0.4) is 0 Å². The van der Waals surface area contributed by atoms with Crippen LogP contribution in [0.5, 0.6) is 0 Å². The zero-order valence-corrected chi connectivity index (χ0v) is 53.9. The minimum Gasteiger partial charge on any atom is -0.455 e. The van der Waals surface area contributed by atoms with Crippen molar-refractivity contribution < 1.29 is 4.42 Å². The van der Waals surface area contributed by atoms with E-state index in [0.29, 0.717) is 5.02 Å². The van der Waals surface area contributed by atoms with E-state index in [9.17, 15) is 0 Å². The van der Waals surface area contributed by atoms with E-state index in [4.69, 9.17) is 16.0 Å². The molecule has 16 rings (SSSR count). The van der Waals surface area contributed by atoms with Crippen molar-refractivity contribution in [2.45, 2.75) is 78.6 Å². The van der Waals surface area contributed by atoms with Gasteiger partial charge >= 0.3 is 0 Å². The molecule has 0 saturated heterocycles. The van der Waals surface area contributed by atoms with Crippen molar-refractivity contribution in [3.05, 3.63) is 270 Å². The Labute approximate surface area is 537 Å². The molecule has 3 nitrogen and oxygen atoms in total. The van der Waals surface area contributed by atoms with Crippen LogP contribution in [-0.4, -0.2) is 6.71 Å². The molecule has 0 fully saturated rings. The molecule has 90 heavy (non-hydrogen) atoms.